The van der Waals surface area contributed by atoms with Crippen molar-refractivity contribution in [3.05, 3.63) is 17.8 Å². The molecule has 1 aliphatic carbocycles. The van der Waals surface area contributed by atoms with Crippen LogP contribution in [0.5, 0.6) is 0 Å². The summed E-state index contributed by atoms with van der Waals surface area (Å²) in [5.74, 6) is 1.16. The molecule has 1 atom stereocenters. The molecule has 164 valence electrons. The molecular weight excluding hydrogens is 384 g/mol. The van der Waals surface area contributed by atoms with E-state index in [2.05, 4.69) is 24.8 Å². The Kier molecular flexibility index (Phi) is 5.86. The third kappa shape index (κ3) is 3.97. The highest BCUT2D eigenvalue weighted by atomic mass is 16.5. The van der Waals surface area contributed by atoms with Crippen LogP contribution in [0.25, 0.3) is 0 Å². The lowest BCUT2D eigenvalue weighted by molar-refractivity contribution is -0.139. The molecule has 0 bridgehead atoms. The van der Waals surface area contributed by atoms with Gasteiger partial charge in [-0.3, -0.25) is 10.1 Å². The number of anilines is 2. The number of pyridine rings is 1. The van der Waals surface area contributed by atoms with Crippen molar-refractivity contribution in [3.63, 3.8) is 0 Å². The minimum absolute atomic E-state index is 0.205. The number of aliphatic hydroxyl groups excluding tert-OH is 1. The second-order valence-corrected chi connectivity index (χ2v) is 9.00. The van der Waals surface area contributed by atoms with Gasteiger partial charge in [0, 0.05) is 25.7 Å². The van der Waals surface area contributed by atoms with Crippen molar-refractivity contribution < 1.29 is 19.4 Å². The number of hydrogen-bond donors (Lipinski definition) is 2. The van der Waals surface area contributed by atoms with Gasteiger partial charge < -0.3 is 19.6 Å². The maximum Gasteiger partial charge on any atom is 0.411 e. The van der Waals surface area contributed by atoms with E-state index in [0.29, 0.717) is 12.2 Å². The average molecular weight is 417 g/mol. The van der Waals surface area contributed by atoms with Gasteiger partial charge in [0.1, 0.15) is 5.82 Å². The van der Waals surface area contributed by atoms with Crippen LogP contribution in [0.15, 0.2) is 12.3 Å². The van der Waals surface area contributed by atoms with Crippen LogP contribution in [0.4, 0.5) is 16.3 Å². The van der Waals surface area contributed by atoms with Crippen molar-refractivity contribution in [2.24, 2.45) is 5.41 Å². The fourth-order valence-electron chi connectivity index (χ4n) is 5.39. The number of likely N-dealkylation sites (tertiary alicyclic amines) is 1. The smallest absolute Gasteiger partial charge is 0.411 e. The van der Waals surface area contributed by atoms with Gasteiger partial charge in [-0.2, -0.15) is 0 Å². The quantitative estimate of drug-likeness (QED) is 0.787. The van der Waals surface area contributed by atoms with Crippen LogP contribution in [0.1, 0.15) is 50.5 Å². The number of aliphatic hydroxyl groups is 1. The van der Waals surface area contributed by atoms with Crippen molar-refractivity contribution >= 4 is 23.5 Å². The van der Waals surface area contributed by atoms with Crippen LogP contribution < -0.4 is 10.2 Å². The fourth-order valence-corrected chi connectivity index (χ4v) is 5.39. The highest BCUT2D eigenvalue weighted by Gasteiger charge is 2.50. The van der Waals surface area contributed by atoms with Crippen molar-refractivity contribution in [1.82, 2.24) is 9.88 Å². The van der Waals surface area contributed by atoms with E-state index in [1.165, 1.54) is 7.11 Å². The molecule has 4 rings (SSSR count). The molecule has 0 aromatic carbocycles. The zero-order chi connectivity index (χ0) is 21.3. The van der Waals surface area contributed by atoms with E-state index in [1.54, 1.807) is 6.20 Å². The van der Waals surface area contributed by atoms with Crippen LogP contribution in [0.3, 0.4) is 0 Å². The van der Waals surface area contributed by atoms with Gasteiger partial charge in [-0.1, -0.05) is 0 Å². The number of aryl methyl sites for hydroxylation is 1. The summed E-state index contributed by atoms with van der Waals surface area (Å²) in [4.78, 5) is 33.8. The summed E-state index contributed by atoms with van der Waals surface area (Å²) in [6.07, 6.45) is 7.09. The van der Waals surface area contributed by atoms with Crippen LogP contribution in [0, 0.1) is 12.3 Å². The zero-order valence-electron chi connectivity index (χ0n) is 17.9. The maximum atomic E-state index is 13.5. The lowest BCUT2D eigenvalue weighted by Gasteiger charge is -2.41. The van der Waals surface area contributed by atoms with Gasteiger partial charge in [0.15, 0.2) is 0 Å². The highest BCUT2D eigenvalue weighted by molar-refractivity contribution is 5.86. The van der Waals surface area contributed by atoms with Crippen molar-refractivity contribution in [3.8, 4) is 0 Å². The van der Waals surface area contributed by atoms with Crippen molar-refractivity contribution in [1.29, 1.82) is 0 Å². The predicted molar refractivity (Wildman–Crippen MR) is 113 cm³/mol. The first kappa shape index (κ1) is 20.9. The molecule has 8 heteroatoms. The molecule has 2 aliphatic heterocycles. The van der Waals surface area contributed by atoms with Gasteiger partial charge in [0.05, 0.1) is 30.5 Å². The summed E-state index contributed by atoms with van der Waals surface area (Å²) < 4.78 is 4.64. The van der Waals surface area contributed by atoms with Gasteiger partial charge in [-0.25, -0.2) is 9.78 Å². The number of ether oxygens (including phenoxy) is 1. The Balaban J connectivity index is 1.47. The Morgan fingerprint density at radius 2 is 2.03 bits per heavy atom. The van der Waals surface area contributed by atoms with E-state index in [9.17, 15) is 14.7 Å². The average Bonchev–Trinajstić information content (AvgIpc) is 3.04. The molecule has 2 amide bonds. The van der Waals surface area contributed by atoms with E-state index in [4.69, 9.17) is 0 Å². The summed E-state index contributed by atoms with van der Waals surface area (Å²) in [6, 6.07) is 2.16. The molecular formula is C22H32N4O4. The second kappa shape index (κ2) is 8.41. The second-order valence-electron chi connectivity index (χ2n) is 9.00. The molecule has 1 spiro atoms. The van der Waals surface area contributed by atoms with E-state index in [1.807, 2.05) is 13.0 Å². The first-order valence-corrected chi connectivity index (χ1v) is 11.0. The van der Waals surface area contributed by atoms with Gasteiger partial charge in [0.2, 0.25) is 5.91 Å². The van der Waals surface area contributed by atoms with Gasteiger partial charge in [0.25, 0.3) is 0 Å². The Hall–Kier alpha value is -2.35. The number of aromatic nitrogens is 1. The number of carbonyl (C=O) groups excluding carboxylic acids is 2. The number of nitrogens with zero attached hydrogens (tertiary/aromatic N) is 3. The number of hydrogen-bond acceptors (Lipinski definition) is 6. The Morgan fingerprint density at radius 1 is 1.27 bits per heavy atom. The van der Waals surface area contributed by atoms with E-state index < -0.39 is 6.09 Å². The van der Waals surface area contributed by atoms with Crippen molar-refractivity contribution in [2.75, 3.05) is 37.0 Å². The SMILES string of the molecule is COC(=O)Nc1cnc(N2CCC[C@@]3(CCN(C4CCC(O)CC4)C3=O)C2)c(C)c1. The Labute approximate surface area is 177 Å². The van der Waals surface area contributed by atoms with Crippen LogP contribution >= 0.6 is 0 Å². The zero-order valence-corrected chi connectivity index (χ0v) is 17.9. The summed E-state index contributed by atoms with van der Waals surface area (Å²) in [6.45, 7) is 4.36. The molecule has 1 aromatic heterocycles. The number of piperidine rings is 1. The van der Waals surface area contributed by atoms with Crippen LogP contribution in [0.2, 0.25) is 0 Å². The number of carbonyl (C=O) groups is 2. The Morgan fingerprint density at radius 3 is 2.73 bits per heavy atom. The predicted octanol–water partition coefficient (Wildman–Crippen LogP) is 2.69. The monoisotopic (exact) mass is 416 g/mol. The van der Waals surface area contributed by atoms with E-state index >= 15 is 0 Å². The minimum Gasteiger partial charge on any atom is -0.453 e. The molecule has 3 aliphatic rings. The summed E-state index contributed by atoms with van der Waals surface area (Å²) in [5, 5.41) is 12.4. The first-order valence-electron chi connectivity index (χ1n) is 11.0. The lowest BCUT2D eigenvalue weighted by atomic mass is 9.78. The van der Waals surface area contributed by atoms with Gasteiger partial charge >= 0.3 is 6.09 Å². The van der Waals surface area contributed by atoms with Gasteiger partial charge in [-0.15, -0.1) is 0 Å². The molecule has 2 saturated heterocycles. The van der Waals surface area contributed by atoms with E-state index in [0.717, 1.165) is 69.4 Å². The molecule has 1 saturated carbocycles. The molecule has 0 unspecified atom stereocenters. The molecule has 2 N–H and O–H groups in total. The standard InChI is InChI=1S/C22H32N4O4/c1-15-12-16(24-21(29)30-2)13-23-19(15)25-10-3-8-22(14-25)9-11-26(20(22)28)17-4-6-18(27)7-5-17/h12-13,17-18,27H,3-11,14H2,1-2H3,(H,24,29)/t17?,18?,22-/m1/s1. The third-order valence-electron chi connectivity index (χ3n) is 7.01. The molecule has 0 radical (unpaired) electrons. The summed E-state index contributed by atoms with van der Waals surface area (Å²) in [5.41, 5.74) is 1.23. The number of nitrogens with one attached hydrogen (secondary N) is 1. The topological polar surface area (TPSA) is 95.0 Å². The number of methoxy groups -OCH3 is 1. The van der Waals surface area contributed by atoms with E-state index in [-0.39, 0.29) is 23.5 Å². The molecule has 30 heavy (non-hydrogen) atoms. The Bertz CT molecular complexity index is 808. The largest absolute Gasteiger partial charge is 0.453 e. The lowest BCUT2D eigenvalue weighted by Crippen LogP contribution is -2.50. The fraction of sp³-hybridized carbons (Fsp3) is 0.682. The first-order chi connectivity index (χ1) is 14.4. The molecule has 3 fully saturated rings. The maximum absolute atomic E-state index is 13.5. The third-order valence-corrected chi connectivity index (χ3v) is 7.01. The number of amides is 2. The molecule has 1 aromatic rings. The summed E-state index contributed by atoms with van der Waals surface area (Å²) >= 11 is 0. The van der Waals surface area contributed by atoms with Gasteiger partial charge in [-0.05, 0) is 63.5 Å². The van der Waals surface area contributed by atoms with Crippen molar-refractivity contribution in [2.45, 2.75) is 64.0 Å². The summed E-state index contributed by atoms with van der Waals surface area (Å²) in [7, 11) is 1.33. The number of rotatable bonds is 3. The van der Waals surface area contributed by atoms with Crippen LogP contribution in [-0.2, 0) is 9.53 Å². The van der Waals surface area contributed by atoms with Crippen LogP contribution in [-0.4, -0.2) is 65.9 Å². The molecule has 3 heterocycles. The normalized spacial score (nSPS) is 29.4. The molecule has 8 nitrogen and oxygen atoms in total. The highest BCUT2D eigenvalue weighted by Crippen LogP contribution is 2.43. The minimum atomic E-state index is -0.521.